The number of amides is 2. The maximum atomic E-state index is 12.9. The van der Waals surface area contributed by atoms with Gasteiger partial charge in [-0.3, -0.25) is 14.9 Å². The number of rotatable bonds is 13. The van der Waals surface area contributed by atoms with Crippen molar-refractivity contribution in [3.05, 3.63) is 98.7 Å². The first kappa shape index (κ1) is 36.8. The number of methoxy groups -OCH3 is 1. The Labute approximate surface area is 308 Å². The second-order valence-corrected chi connectivity index (χ2v) is 13.6. The van der Waals surface area contributed by atoms with Gasteiger partial charge in [0.05, 0.1) is 39.8 Å². The lowest BCUT2D eigenvalue weighted by atomic mass is 10.0. The first-order chi connectivity index (χ1) is 25.2. The predicted molar refractivity (Wildman–Crippen MR) is 201 cm³/mol. The number of likely N-dealkylation sites (tertiary alicyclic amines) is 1. The van der Waals surface area contributed by atoms with Crippen LogP contribution in [0.15, 0.2) is 77.0 Å². The number of pyridine rings is 1. The maximum absolute atomic E-state index is 12.9. The van der Waals surface area contributed by atoms with E-state index >= 15 is 0 Å². The minimum absolute atomic E-state index is 0.0809. The minimum atomic E-state index is -0.936. The van der Waals surface area contributed by atoms with Crippen molar-refractivity contribution in [1.82, 2.24) is 20.2 Å². The summed E-state index contributed by atoms with van der Waals surface area (Å²) in [5.41, 5.74) is 4.26. The molecule has 15 heteroatoms. The third kappa shape index (κ3) is 9.08. The van der Waals surface area contributed by atoms with Crippen molar-refractivity contribution in [2.75, 3.05) is 43.9 Å². The van der Waals surface area contributed by atoms with Crippen LogP contribution in [-0.2, 0) is 16.1 Å². The highest BCUT2D eigenvalue weighted by Gasteiger charge is 2.24. The maximum Gasteiger partial charge on any atom is 0.413 e. The van der Waals surface area contributed by atoms with E-state index in [1.807, 2.05) is 30.3 Å². The standard InChI is InChI=1S/C37H39ClN6O7S/c1-50-31-18-28(27(38)17-23(31)19-39-20-30(46)25-7-9-29(45)34-26(25)8-10-32(47)42-34)41-33(48)13-16-44-14-11-24(12-15-44)51-37(49)43-36-35(52-21-40-36)22-5-3-2-4-6-22/h2-10,17-18,21,24,30,39,45-46H,11-16,19-20H2,1H3,(H,41,48)(H,42,47)(H,43,49)/t30-/m0/s1. The van der Waals surface area contributed by atoms with Gasteiger partial charge in [0.25, 0.3) is 0 Å². The van der Waals surface area contributed by atoms with E-state index in [1.165, 1.54) is 30.6 Å². The molecule has 1 aliphatic heterocycles. The zero-order chi connectivity index (χ0) is 36.6. The van der Waals surface area contributed by atoms with Crippen LogP contribution in [0.5, 0.6) is 11.5 Å². The highest BCUT2D eigenvalue weighted by molar-refractivity contribution is 7.13. The number of nitrogens with zero attached hydrogens (tertiary/aromatic N) is 2. The van der Waals surface area contributed by atoms with Gasteiger partial charge in [0.1, 0.15) is 17.6 Å². The molecule has 2 amide bonds. The van der Waals surface area contributed by atoms with Crippen LogP contribution < -0.4 is 26.2 Å². The Morgan fingerprint density at radius 3 is 2.65 bits per heavy atom. The number of aromatic nitrogens is 2. The number of aromatic amines is 1. The molecule has 0 unspecified atom stereocenters. The van der Waals surface area contributed by atoms with Gasteiger partial charge in [-0.05, 0) is 42.2 Å². The van der Waals surface area contributed by atoms with Crippen LogP contribution in [0.4, 0.5) is 16.3 Å². The van der Waals surface area contributed by atoms with Crippen molar-refractivity contribution in [3.63, 3.8) is 0 Å². The molecular formula is C37H39ClN6O7S. The summed E-state index contributed by atoms with van der Waals surface area (Å²) in [7, 11) is 1.52. The molecule has 13 nitrogen and oxygen atoms in total. The van der Waals surface area contributed by atoms with Crippen LogP contribution in [0.25, 0.3) is 21.3 Å². The predicted octanol–water partition coefficient (Wildman–Crippen LogP) is 5.88. The number of piperidine rings is 1. The smallest absolute Gasteiger partial charge is 0.413 e. The van der Waals surface area contributed by atoms with Crippen molar-refractivity contribution in [3.8, 4) is 21.9 Å². The fraction of sp³-hybridized carbons (Fsp3) is 0.297. The highest BCUT2D eigenvalue weighted by Crippen LogP contribution is 2.33. The largest absolute Gasteiger partial charge is 0.506 e. The van der Waals surface area contributed by atoms with Crippen LogP contribution in [0.2, 0.25) is 5.02 Å². The Hall–Kier alpha value is -4.99. The number of hydrogen-bond donors (Lipinski definition) is 6. The van der Waals surface area contributed by atoms with E-state index in [2.05, 4.69) is 30.8 Å². The molecule has 0 saturated carbocycles. The lowest BCUT2D eigenvalue weighted by molar-refractivity contribution is -0.116. The molecule has 1 saturated heterocycles. The number of H-pyrrole nitrogens is 1. The van der Waals surface area contributed by atoms with Crippen LogP contribution in [0.1, 0.15) is 36.5 Å². The summed E-state index contributed by atoms with van der Waals surface area (Å²) in [6.45, 7) is 2.38. The number of phenolic OH excluding ortho intramolecular Hbond substituents is 1. The van der Waals surface area contributed by atoms with Gasteiger partial charge in [0, 0.05) is 62.2 Å². The third-order valence-electron chi connectivity index (χ3n) is 8.85. The number of hydrogen-bond acceptors (Lipinski definition) is 11. The quantitative estimate of drug-likeness (QED) is 0.0852. The molecule has 0 radical (unpaired) electrons. The molecule has 1 atom stereocenters. The summed E-state index contributed by atoms with van der Waals surface area (Å²) in [5, 5.41) is 30.7. The molecule has 1 fully saturated rings. The van der Waals surface area contributed by atoms with Gasteiger partial charge < -0.3 is 40.2 Å². The Bertz CT molecular complexity index is 2080. The Balaban J connectivity index is 0.939. The van der Waals surface area contributed by atoms with Gasteiger partial charge in [-0.1, -0.05) is 48.0 Å². The van der Waals surface area contributed by atoms with E-state index in [0.29, 0.717) is 72.2 Å². The number of benzene rings is 3. The van der Waals surface area contributed by atoms with E-state index in [-0.39, 0.29) is 41.8 Å². The number of thiazole rings is 1. The zero-order valence-corrected chi connectivity index (χ0v) is 29.9. The van der Waals surface area contributed by atoms with Crippen molar-refractivity contribution in [2.24, 2.45) is 0 Å². The summed E-state index contributed by atoms with van der Waals surface area (Å²) in [6.07, 6.45) is -0.146. The fourth-order valence-corrected chi connectivity index (χ4v) is 7.14. The Morgan fingerprint density at radius 2 is 1.88 bits per heavy atom. The number of phenols is 1. The number of carbonyl (C=O) groups excluding carboxylic acids is 2. The van der Waals surface area contributed by atoms with Gasteiger partial charge in [-0.15, -0.1) is 11.3 Å². The van der Waals surface area contributed by atoms with Crippen molar-refractivity contribution in [2.45, 2.75) is 38.0 Å². The first-order valence-electron chi connectivity index (χ1n) is 16.8. The molecule has 3 aromatic carbocycles. The second-order valence-electron chi connectivity index (χ2n) is 12.3. The molecule has 3 heterocycles. The lowest BCUT2D eigenvalue weighted by Gasteiger charge is -2.31. The summed E-state index contributed by atoms with van der Waals surface area (Å²) in [5.74, 6) is 0.704. The number of fused-ring (bicyclic) bond motifs is 1. The molecule has 52 heavy (non-hydrogen) atoms. The van der Waals surface area contributed by atoms with E-state index in [0.717, 1.165) is 16.0 Å². The average molecular weight is 747 g/mol. The number of aliphatic hydroxyl groups excluding tert-OH is 1. The number of aromatic hydroxyl groups is 1. The van der Waals surface area contributed by atoms with Crippen molar-refractivity contribution >= 4 is 57.3 Å². The number of halogens is 1. The van der Waals surface area contributed by atoms with Crippen LogP contribution in [-0.4, -0.2) is 76.5 Å². The molecular weight excluding hydrogens is 708 g/mol. The Morgan fingerprint density at radius 1 is 1.10 bits per heavy atom. The molecule has 0 bridgehead atoms. The van der Waals surface area contributed by atoms with Gasteiger partial charge in [-0.2, -0.15) is 0 Å². The molecule has 6 N–H and O–H groups in total. The number of nitrogens with one attached hydrogen (secondary N) is 4. The monoisotopic (exact) mass is 746 g/mol. The second kappa shape index (κ2) is 17.0. The SMILES string of the molecule is COc1cc(NC(=O)CCN2CCC(OC(=O)Nc3ncsc3-c3ccccc3)CC2)c(Cl)cc1CNC[C@H](O)c1ccc(O)c2[nH]c(=O)ccc12. The fourth-order valence-electron chi connectivity index (χ4n) is 6.15. The number of ether oxygens (including phenoxy) is 2. The molecule has 0 aliphatic carbocycles. The van der Waals surface area contributed by atoms with Crippen LogP contribution >= 0.6 is 22.9 Å². The van der Waals surface area contributed by atoms with Crippen LogP contribution in [0, 0.1) is 0 Å². The topological polar surface area (TPSA) is 178 Å². The van der Waals surface area contributed by atoms with Gasteiger partial charge in [-0.25, -0.2) is 9.78 Å². The molecule has 0 spiro atoms. The zero-order valence-electron chi connectivity index (χ0n) is 28.4. The molecule has 6 rings (SSSR count). The summed E-state index contributed by atoms with van der Waals surface area (Å²) < 4.78 is 11.2. The minimum Gasteiger partial charge on any atom is -0.506 e. The number of anilines is 2. The van der Waals surface area contributed by atoms with Crippen molar-refractivity contribution < 1.29 is 29.3 Å². The van der Waals surface area contributed by atoms with Gasteiger partial charge in [0.15, 0.2) is 5.82 Å². The first-order valence-corrected chi connectivity index (χ1v) is 18.0. The average Bonchev–Trinajstić information content (AvgIpc) is 3.60. The summed E-state index contributed by atoms with van der Waals surface area (Å²) in [4.78, 5) is 47.2. The highest BCUT2D eigenvalue weighted by atomic mass is 35.5. The van der Waals surface area contributed by atoms with Crippen molar-refractivity contribution in [1.29, 1.82) is 0 Å². The number of aliphatic hydroxyl groups is 1. The van der Waals surface area contributed by atoms with E-state index in [9.17, 15) is 24.6 Å². The molecule has 5 aromatic rings. The normalized spacial score (nSPS) is 14.2. The third-order valence-corrected chi connectivity index (χ3v) is 10.0. The van der Waals surface area contributed by atoms with E-state index in [1.54, 1.807) is 29.8 Å². The Kier molecular flexibility index (Phi) is 12.0. The molecule has 272 valence electrons. The number of carbonyl (C=O) groups is 2. The van der Waals surface area contributed by atoms with Crippen LogP contribution in [0.3, 0.4) is 0 Å². The van der Waals surface area contributed by atoms with E-state index < -0.39 is 12.2 Å². The molecule has 2 aromatic heterocycles. The summed E-state index contributed by atoms with van der Waals surface area (Å²) in [6, 6.07) is 19.1. The summed E-state index contributed by atoms with van der Waals surface area (Å²) >= 11 is 8.01. The molecule has 1 aliphatic rings. The van der Waals surface area contributed by atoms with Gasteiger partial charge in [0.2, 0.25) is 11.5 Å². The van der Waals surface area contributed by atoms with Gasteiger partial charge >= 0.3 is 6.09 Å². The van der Waals surface area contributed by atoms with E-state index in [4.69, 9.17) is 21.1 Å². The lowest BCUT2D eigenvalue weighted by Crippen LogP contribution is -2.39.